The Morgan fingerprint density at radius 1 is 0.818 bits per heavy atom. The fourth-order valence-corrected chi connectivity index (χ4v) is 2.89. The van der Waals surface area contributed by atoms with Gasteiger partial charge >= 0.3 is 0 Å². The molecule has 0 bridgehead atoms. The third-order valence-electron chi connectivity index (χ3n) is 4.15. The fourth-order valence-electron chi connectivity index (χ4n) is 2.89. The molecule has 114 valence electrons. The third-order valence-corrected chi connectivity index (χ3v) is 4.15. The summed E-state index contributed by atoms with van der Waals surface area (Å²) in [5.41, 5.74) is 4.23. The summed E-state index contributed by atoms with van der Waals surface area (Å²) in [7, 11) is 0. The average Bonchev–Trinajstić information content (AvgIpc) is 2.58. The number of rotatable bonds is 8. The van der Waals surface area contributed by atoms with Gasteiger partial charge in [0.1, 0.15) is 6.07 Å². The summed E-state index contributed by atoms with van der Waals surface area (Å²) in [6.07, 6.45) is 8.73. The van der Waals surface area contributed by atoms with Gasteiger partial charge in [-0.15, -0.1) is 0 Å². The number of hydrogen-bond donors (Lipinski definition) is 0. The highest BCUT2D eigenvalue weighted by molar-refractivity contribution is 5.72. The van der Waals surface area contributed by atoms with Crippen molar-refractivity contribution < 1.29 is 0 Å². The molecule has 0 aliphatic carbocycles. The Kier molecular flexibility index (Phi) is 6.71. The molecule has 0 saturated carbocycles. The lowest BCUT2D eigenvalue weighted by Crippen LogP contribution is -1.94. The van der Waals surface area contributed by atoms with Crippen molar-refractivity contribution in [1.29, 1.82) is 5.26 Å². The Morgan fingerprint density at radius 2 is 1.55 bits per heavy atom. The van der Waals surface area contributed by atoms with E-state index in [-0.39, 0.29) is 0 Å². The molecule has 0 amide bonds. The fraction of sp³-hybridized carbons (Fsp3) is 0.381. The lowest BCUT2D eigenvalue weighted by atomic mass is 9.93. The first-order valence-electron chi connectivity index (χ1n) is 8.44. The summed E-state index contributed by atoms with van der Waals surface area (Å²) in [4.78, 5) is 0. The summed E-state index contributed by atoms with van der Waals surface area (Å²) >= 11 is 0. The second-order valence-corrected chi connectivity index (χ2v) is 5.84. The van der Waals surface area contributed by atoms with Gasteiger partial charge in [0.15, 0.2) is 0 Å². The van der Waals surface area contributed by atoms with Gasteiger partial charge in [-0.1, -0.05) is 87.6 Å². The summed E-state index contributed by atoms with van der Waals surface area (Å²) in [6.45, 7) is 2.24. The van der Waals surface area contributed by atoms with E-state index in [1.807, 2.05) is 18.2 Å². The molecule has 0 aliphatic heterocycles. The zero-order valence-electron chi connectivity index (χ0n) is 13.5. The molecule has 0 spiro atoms. The van der Waals surface area contributed by atoms with Crippen LogP contribution in [0.15, 0.2) is 48.5 Å². The molecule has 0 aliphatic rings. The summed E-state index contributed by atoms with van der Waals surface area (Å²) < 4.78 is 0. The maximum atomic E-state index is 9.58. The summed E-state index contributed by atoms with van der Waals surface area (Å²) in [5, 5.41) is 9.58. The number of unbranched alkanes of at least 4 members (excludes halogenated alkanes) is 5. The normalized spacial score (nSPS) is 10.4. The number of hydrogen-bond acceptors (Lipinski definition) is 1. The van der Waals surface area contributed by atoms with E-state index in [1.54, 1.807) is 0 Å². The molecule has 2 aromatic rings. The minimum atomic E-state index is 0.849. The van der Waals surface area contributed by atoms with Crippen LogP contribution in [-0.2, 0) is 6.42 Å². The Hall–Kier alpha value is -2.07. The van der Waals surface area contributed by atoms with Gasteiger partial charge in [0.2, 0.25) is 0 Å². The topological polar surface area (TPSA) is 23.8 Å². The summed E-state index contributed by atoms with van der Waals surface area (Å²) in [5.74, 6) is 0. The van der Waals surface area contributed by atoms with Crippen LogP contribution in [0, 0.1) is 11.3 Å². The van der Waals surface area contributed by atoms with Crippen LogP contribution in [0.1, 0.15) is 56.6 Å². The SMILES string of the molecule is CCCCCCCCc1cccc(-c2ccccc2)c1C#N. The second-order valence-electron chi connectivity index (χ2n) is 5.84. The number of nitrogens with zero attached hydrogens (tertiary/aromatic N) is 1. The van der Waals surface area contributed by atoms with Crippen LogP contribution in [0.4, 0.5) is 0 Å². The molecular formula is C21H25N. The van der Waals surface area contributed by atoms with Crippen molar-refractivity contribution in [3.63, 3.8) is 0 Å². The molecule has 0 unspecified atom stereocenters. The minimum absolute atomic E-state index is 0.849. The number of aryl methyl sites for hydroxylation is 1. The monoisotopic (exact) mass is 291 g/mol. The molecule has 2 aromatic carbocycles. The zero-order valence-corrected chi connectivity index (χ0v) is 13.5. The molecule has 22 heavy (non-hydrogen) atoms. The molecule has 0 N–H and O–H groups in total. The molecule has 0 radical (unpaired) electrons. The van der Waals surface area contributed by atoms with Crippen LogP contribution in [0.5, 0.6) is 0 Å². The molecule has 1 nitrogen and oxygen atoms in total. The molecule has 0 fully saturated rings. The van der Waals surface area contributed by atoms with Crippen LogP contribution in [-0.4, -0.2) is 0 Å². The molecular weight excluding hydrogens is 266 g/mol. The summed E-state index contributed by atoms with van der Waals surface area (Å²) in [6, 6.07) is 18.9. The maximum Gasteiger partial charge on any atom is 0.100 e. The van der Waals surface area contributed by atoms with Crippen LogP contribution in [0.25, 0.3) is 11.1 Å². The van der Waals surface area contributed by atoms with Crippen LogP contribution >= 0.6 is 0 Å². The molecule has 0 heterocycles. The largest absolute Gasteiger partial charge is 0.192 e. The van der Waals surface area contributed by atoms with E-state index < -0.39 is 0 Å². The van der Waals surface area contributed by atoms with Gasteiger partial charge in [-0.25, -0.2) is 0 Å². The van der Waals surface area contributed by atoms with Crippen molar-refractivity contribution in [3.8, 4) is 17.2 Å². The van der Waals surface area contributed by atoms with Gasteiger partial charge in [0, 0.05) is 0 Å². The predicted molar refractivity (Wildman–Crippen MR) is 93.7 cm³/mol. The first kappa shape index (κ1) is 16.3. The van der Waals surface area contributed by atoms with E-state index in [9.17, 15) is 5.26 Å². The first-order valence-corrected chi connectivity index (χ1v) is 8.44. The second kappa shape index (κ2) is 9.05. The average molecular weight is 291 g/mol. The molecule has 1 heteroatoms. The van der Waals surface area contributed by atoms with Gasteiger partial charge in [0.25, 0.3) is 0 Å². The quantitative estimate of drug-likeness (QED) is 0.537. The smallest absolute Gasteiger partial charge is 0.100 e. The van der Waals surface area contributed by atoms with Crippen molar-refractivity contribution in [3.05, 3.63) is 59.7 Å². The molecule has 0 saturated heterocycles. The van der Waals surface area contributed by atoms with Gasteiger partial charge in [-0.3, -0.25) is 0 Å². The van der Waals surface area contributed by atoms with Gasteiger partial charge in [0.05, 0.1) is 5.56 Å². The number of benzene rings is 2. The van der Waals surface area contributed by atoms with Crippen LogP contribution in [0.3, 0.4) is 0 Å². The van der Waals surface area contributed by atoms with E-state index in [1.165, 1.54) is 44.1 Å². The third kappa shape index (κ3) is 4.46. The van der Waals surface area contributed by atoms with E-state index >= 15 is 0 Å². The van der Waals surface area contributed by atoms with Gasteiger partial charge < -0.3 is 0 Å². The van der Waals surface area contributed by atoms with E-state index in [2.05, 4.69) is 43.3 Å². The minimum Gasteiger partial charge on any atom is -0.192 e. The van der Waals surface area contributed by atoms with E-state index in [4.69, 9.17) is 0 Å². The molecule has 2 rings (SSSR count). The highest BCUT2D eigenvalue weighted by Gasteiger charge is 2.09. The van der Waals surface area contributed by atoms with E-state index in [0.29, 0.717) is 0 Å². The van der Waals surface area contributed by atoms with Crippen molar-refractivity contribution >= 4 is 0 Å². The van der Waals surface area contributed by atoms with Crippen molar-refractivity contribution in [2.75, 3.05) is 0 Å². The Morgan fingerprint density at radius 3 is 2.27 bits per heavy atom. The lowest BCUT2D eigenvalue weighted by Gasteiger charge is -2.10. The van der Waals surface area contributed by atoms with Gasteiger partial charge in [-0.05, 0) is 29.5 Å². The molecule has 0 aromatic heterocycles. The highest BCUT2D eigenvalue weighted by atomic mass is 14.3. The standard InChI is InChI=1S/C21H25N/c1-2-3-4-5-6-8-14-19-15-11-16-20(21(19)17-22)18-12-9-7-10-13-18/h7,9-13,15-16H,2-6,8,14H2,1H3. The number of nitriles is 1. The Balaban J connectivity index is 2.05. The van der Waals surface area contributed by atoms with Crippen molar-refractivity contribution in [2.24, 2.45) is 0 Å². The maximum absolute atomic E-state index is 9.58. The predicted octanol–water partition coefficient (Wildman–Crippen LogP) is 6.13. The van der Waals surface area contributed by atoms with Crippen LogP contribution in [0.2, 0.25) is 0 Å². The van der Waals surface area contributed by atoms with Crippen LogP contribution < -0.4 is 0 Å². The van der Waals surface area contributed by atoms with Crippen molar-refractivity contribution in [1.82, 2.24) is 0 Å². The Bertz CT molecular complexity index is 608. The van der Waals surface area contributed by atoms with Crippen molar-refractivity contribution in [2.45, 2.75) is 51.9 Å². The lowest BCUT2D eigenvalue weighted by molar-refractivity contribution is 0.607. The first-order chi connectivity index (χ1) is 10.9. The highest BCUT2D eigenvalue weighted by Crippen LogP contribution is 2.26. The molecule has 0 atom stereocenters. The van der Waals surface area contributed by atoms with Gasteiger partial charge in [-0.2, -0.15) is 5.26 Å². The Labute approximate surface area is 134 Å². The zero-order chi connectivity index (χ0) is 15.6. The van der Waals surface area contributed by atoms with E-state index in [0.717, 1.165) is 23.1 Å².